The fraction of sp³-hybridized carbons (Fsp3) is 0.714. The first-order valence-corrected chi connectivity index (χ1v) is 9.58. The Morgan fingerprint density at radius 3 is 2.80 bits per heavy atom. The lowest BCUT2D eigenvalue weighted by Crippen LogP contribution is -2.27. The first-order valence-electron chi connectivity index (χ1n) is 7.32. The van der Waals surface area contributed by atoms with Gasteiger partial charge in [0.05, 0.1) is 0 Å². The van der Waals surface area contributed by atoms with E-state index in [1.54, 1.807) is 13.1 Å². The highest BCUT2D eigenvalue weighted by Crippen LogP contribution is 2.25. The van der Waals surface area contributed by atoms with Crippen LogP contribution in [0.4, 0.5) is 0 Å². The molecule has 0 saturated heterocycles. The second-order valence-electron chi connectivity index (χ2n) is 5.38. The predicted octanol–water partition coefficient (Wildman–Crippen LogP) is 2.46. The van der Waals surface area contributed by atoms with Gasteiger partial charge in [-0.3, -0.25) is 0 Å². The van der Waals surface area contributed by atoms with E-state index in [1.165, 1.54) is 28.5 Å². The fourth-order valence-corrected chi connectivity index (χ4v) is 4.75. The quantitative estimate of drug-likeness (QED) is 0.761. The summed E-state index contributed by atoms with van der Waals surface area (Å²) in [5, 5.41) is 3.45. The molecule has 0 aromatic carbocycles. The summed E-state index contributed by atoms with van der Waals surface area (Å²) in [7, 11) is -1.62. The van der Waals surface area contributed by atoms with Crippen LogP contribution in [0.2, 0.25) is 0 Å². The molecule has 0 aliphatic heterocycles. The molecule has 1 N–H and O–H groups in total. The van der Waals surface area contributed by atoms with Crippen LogP contribution < -0.4 is 5.32 Å². The minimum Gasteiger partial charge on any atom is -0.314 e. The molecule has 6 heteroatoms. The summed E-state index contributed by atoms with van der Waals surface area (Å²) in [4.78, 5) is 1.14. The molecule has 0 radical (unpaired) electrons. The number of nitrogens with zero attached hydrogens (tertiary/aromatic N) is 1. The molecule has 1 heterocycles. The van der Waals surface area contributed by atoms with E-state index in [0.29, 0.717) is 16.8 Å². The van der Waals surface area contributed by atoms with Gasteiger partial charge in [0.15, 0.2) is 0 Å². The third-order valence-corrected chi connectivity index (χ3v) is 6.98. The van der Waals surface area contributed by atoms with Crippen molar-refractivity contribution < 1.29 is 8.42 Å². The Morgan fingerprint density at radius 2 is 2.15 bits per heavy atom. The van der Waals surface area contributed by atoms with Gasteiger partial charge in [-0.2, -0.15) is 0 Å². The molecule has 1 fully saturated rings. The highest BCUT2D eigenvalue weighted by molar-refractivity contribution is 7.91. The van der Waals surface area contributed by atoms with Crippen LogP contribution in [0.3, 0.4) is 0 Å². The topological polar surface area (TPSA) is 49.4 Å². The van der Waals surface area contributed by atoms with Crippen molar-refractivity contribution in [1.29, 1.82) is 0 Å². The Kier molecular flexibility index (Phi) is 5.60. The fourth-order valence-electron chi connectivity index (χ4n) is 1.97. The zero-order valence-corrected chi connectivity index (χ0v) is 13.9. The summed E-state index contributed by atoms with van der Waals surface area (Å²) in [6.07, 6.45) is 5.38. The van der Waals surface area contributed by atoms with E-state index in [2.05, 4.69) is 12.2 Å². The van der Waals surface area contributed by atoms with Crippen LogP contribution in [-0.4, -0.2) is 38.9 Å². The van der Waals surface area contributed by atoms with Gasteiger partial charge in [0.25, 0.3) is 10.0 Å². The van der Waals surface area contributed by atoms with Crippen LogP contribution >= 0.6 is 11.3 Å². The minimum absolute atomic E-state index is 0.470. The van der Waals surface area contributed by atoms with Crippen molar-refractivity contribution in [3.8, 4) is 0 Å². The Balaban J connectivity index is 1.91. The molecule has 0 unspecified atom stereocenters. The van der Waals surface area contributed by atoms with Gasteiger partial charge >= 0.3 is 0 Å². The number of hydrogen-bond acceptors (Lipinski definition) is 4. The van der Waals surface area contributed by atoms with E-state index < -0.39 is 10.0 Å². The molecular formula is C14H24N2O2S2. The van der Waals surface area contributed by atoms with Crippen molar-refractivity contribution in [1.82, 2.24) is 9.62 Å². The summed E-state index contributed by atoms with van der Waals surface area (Å²) in [5.74, 6) is 0. The Morgan fingerprint density at radius 1 is 1.40 bits per heavy atom. The molecule has 114 valence electrons. The zero-order chi connectivity index (χ0) is 14.6. The second-order valence-corrected chi connectivity index (χ2v) is 8.82. The summed E-state index contributed by atoms with van der Waals surface area (Å²) < 4.78 is 26.7. The molecule has 20 heavy (non-hydrogen) atoms. The number of sulfonamides is 1. The lowest BCUT2D eigenvalue weighted by atomic mass is 10.3. The van der Waals surface area contributed by atoms with Gasteiger partial charge in [0, 0.05) is 31.1 Å². The van der Waals surface area contributed by atoms with E-state index in [0.717, 1.165) is 30.7 Å². The number of rotatable bonds is 9. The molecule has 1 saturated carbocycles. The monoisotopic (exact) mass is 316 g/mol. The summed E-state index contributed by atoms with van der Waals surface area (Å²) in [6, 6.07) is 4.40. The maximum absolute atomic E-state index is 12.4. The lowest BCUT2D eigenvalue weighted by Gasteiger charge is -2.15. The average molecular weight is 316 g/mol. The predicted molar refractivity (Wildman–Crippen MR) is 83.8 cm³/mol. The molecule has 2 rings (SSSR count). The lowest BCUT2D eigenvalue weighted by molar-refractivity contribution is 0.461. The Bertz CT molecular complexity index is 521. The molecule has 0 amide bonds. The van der Waals surface area contributed by atoms with Gasteiger partial charge in [-0.1, -0.05) is 13.3 Å². The molecule has 1 aliphatic rings. The summed E-state index contributed by atoms with van der Waals surface area (Å²) >= 11 is 1.40. The Labute approximate surface area is 126 Å². The van der Waals surface area contributed by atoms with Gasteiger partial charge in [-0.25, -0.2) is 12.7 Å². The van der Waals surface area contributed by atoms with Gasteiger partial charge in [0.1, 0.15) is 4.21 Å². The van der Waals surface area contributed by atoms with Crippen molar-refractivity contribution in [3.05, 3.63) is 17.0 Å². The molecular weight excluding hydrogens is 292 g/mol. The van der Waals surface area contributed by atoms with Crippen LogP contribution in [-0.2, 0) is 16.4 Å². The minimum atomic E-state index is -3.29. The normalized spacial score (nSPS) is 15.9. The maximum Gasteiger partial charge on any atom is 0.252 e. The molecule has 0 atom stereocenters. The van der Waals surface area contributed by atoms with Crippen LogP contribution in [0.5, 0.6) is 0 Å². The first kappa shape index (κ1) is 15.9. The van der Waals surface area contributed by atoms with Crippen molar-refractivity contribution in [3.63, 3.8) is 0 Å². The standard InChI is InChI=1S/C14H24N2O2S2/c1-3-4-11-16(2)20(17,18)14-8-7-13(19-14)9-10-15-12-5-6-12/h7-8,12,15H,3-6,9-11H2,1-2H3. The summed E-state index contributed by atoms with van der Waals surface area (Å²) in [6.45, 7) is 3.60. The Hall–Kier alpha value is -0.430. The number of thiophene rings is 1. The molecule has 1 aliphatic carbocycles. The highest BCUT2D eigenvalue weighted by atomic mass is 32.2. The van der Waals surface area contributed by atoms with Gasteiger partial charge < -0.3 is 5.32 Å². The van der Waals surface area contributed by atoms with Gasteiger partial charge in [-0.15, -0.1) is 11.3 Å². The first-order chi connectivity index (χ1) is 9.54. The van der Waals surface area contributed by atoms with Crippen LogP contribution in [0.15, 0.2) is 16.3 Å². The van der Waals surface area contributed by atoms with Crippen molar-refractivity contribution >= 4 is 21.4 Å². The van der Waals surface area contributed by atoms with Gasteiger partial charge in [-0.05, 0) is 37.8 Å². The van der Waals surface area contributed by atoms with Crippen LogP contribution in [0.1, 0.15) is 37.5 Å². The molecule has 0 spiro atoms. The highest BCUT2D eigenvalue weighted by Gasteiger charge is 2.23. The van der Waals surface area contributed by atoms with E-state index in [4.69, 9.17) is 0 Å². The largest absolute Gasteiger partial charge is 0.314 e. The van der Waals surface area contributed by atoms with Crippen molar-refractivity contribution in [2.45, 2.75) is 49.3 Å². The third-order valence-electron chi connectivity index (χ3n) is 3.51. The number of hydrogen-bond donors (Lipinski definition) is 1. The SMILES string of the molecule is CCCCN(C)S(=O)(=O)c1ccc(CCNC2CC2)s1. The zero-order valence-electron chi connectivity index (χ0n) is 12.3. The van der Waals surface area contributed by atoms with E-state index in [1.807, 2.05) is 6.07 Å². The second kappa shape index (κ2) is 7.02. The van der Waals surface area contributed by atoms with Crippen LogP contribution in [0.25, 0.3) is 0 Å². The number of unbranched alkanes of at least 4 members (excludes halogenated alkanes) is 1. The smallest absolute Gasteiger partial charge is 0.252 e. The average Bonchev–Trinajstić information content (AvgIpc) is 3.11. The van der Waals surface area contributed by atoms with E-state index in [-0.39, 0.29) is 0 Å². The van der Waals surface area contributed by atoms with E-state index in [9.17, 15) is 8.42 Å². The molecule has 0 bridgehead atoms. The summed E-state index contributed by atoms with van der Waals surface area (Å²) in [5.41, 5.74) is 0. The van der Waals surface area contributed by atoms with Crippen molar-refractivity contribution in [2.24, 2.45) is 0 Å². The maximum atomic E-state index is 12.4. The molecule has 4 nitrogen and oxygen atoms in total. The third kappa shape index (κ3) is 4.28. The molecule has 1 aromatic rings. The van der Waals surface area contributed by atoms with Crippen molar-refractivity contribution in [2.75, 3.05) is 20.1 Å². The number of nitrogens with one attached hydrogen (secondary N) is 1. The van der Waals surface area contributed by atoms with Crippen LogP contribution in [0, 0.1) is 0 Å². The van der Waals surface area contributed by atoms with E-state index >= 15 is 0 Å². The van der Waals surface area contributed by atoms with Gasteiger partial charge in [0.2, 0.25) is 0 Å². The molecule has 1 aromatic heterocycles.